The fraction of sp³-hybridized carbons (Fsp3) is 0.231. The van der Waals surface area contributed by atoms with Crippen LogP contribution in [0.4, 0.5) is 5.69 Å². The van der Waals surface area contributed by atoms with E-state index in [9.17, 15) is 9.59 Å². The molecule has 0 radical (unpaired) electrons. The average molecular weight is 399 g/mol. The van der Waals surface area contributed by atoms with Gasteiger partial charge in [0.05, 0.1) is 6.04 Å². The van der Waals surface area contributed by atoms with Crippen LogP contribution in [0.1, 0.15) is 35.6 Å². The van der Waals surface area contributed by atoms with Crippen LogP contribution in [0, 0.1) is 5.92 Å². The Labute approximate surface area is 177 Å². The van der Waals surface area contributed by atoms with Crippen LogP contribution in [0.25, 0.3) is 0 Å². The number of rotatable bonds is 7. The number of para-hydroxylation sites is 1. The Hall–Kier alpha value is -3.40. The minimum Gasteiger partial charge on any atom is -0.349 e. The third-order valence-electron chi connectivity index (χ3n) is 5.65. The molecule has 3 aromatic carbocycles. The van der Waals surface area contributed by atoms with Crippen LogP contribution in [0.5, 0.6) is 0 Å². The van der Waals surface area contributed by atoms with Crippen LogP contribution in [0.3, 0.4) is 0 Å². The number of nitrogens with one attached hydrogen (secondary N) is 2. The van der Waals surface area contributed by atoms with Gasteiger partial charge in [0.1, 0.15) is 0 Å². The molecule has 0 saturated carbocycles. The summed E-state index contributed by atoms with van der Waals surface area (Å²) in [6.07, 6.45) is 2.28. The third kappa shape index (κ3) is 4.95. The standard InChI is InChI=1S/C26H26N2O2/c29-25(16-15-22-18-21-13-7-8-14-23(21)28-26(22)30)27-24(20-11-5-2-6-12-20)17-19-9-3-1-4-10-19/h1-14,22,24H,15-18H2,(H,27,29)(H,28,30). The Morgan fingerprint density at radius 2 is 1.60 bits per heavy atom. The van der Waals surface area contributed by atoms with Crippen LogP contribution in [0.15, 0.2) is 84.9 Å². The van der Waals surface area contributed by atoms with Crippen LogP contribution in [-0.2, 0) is 22.4 Å². The summed E-state index contributed by atoms with van der Waals surface area (Å²) in [4.78, 5) is 25.2. The molecule has 0 aromatic heterocycles. The summed E-state index contributed by atoms with van der Waals surface area (Å²) in [6.45, 7) is 0. The number of benzene rings is 3. The molecule has 0 fully saturated rings. The van der Waals surface area contributed by atoms with E-state index in [4.69, 9.17) is 0 Å². The normalized spacial score (nSPS) is 16.3. The van der Waals surface area contributed by atoms with Gasteiger partial charge in [-0.25, -0.2) is 0 Å². The first-order chi connectivity index (χ1) is 14.7. The van der Waals surface area contributed by atoms with Gasteiger partial charge >= 0.3 is 0 Å². The van der Waals surface area contributed by atoms with Crippen molar-refractivity contribution in [3.63, 3.8) is 0 Å². The van der Waals surface area contributed by atoms with Crippen molar-refractivity contribution in [3.8, 4) is 0 Å². The minimum absolute atomic E-state index is 0.00500. The maximum Gasteiger partial charge on any atom is 0.227 e. The van der Waals surface area contributed by atoms with Gasteiger partial charge in [0, 0.05) is 18.0 Å². The predicted molar refractivity (Wildman–Crippen MR) is 119 cm³/mol. The first-order valence-electron chi connectivity index (χ1n) is 10.5. The summed E-state index contributed by atoms with van der Waals surface area (Å²) in [5, 5.41) is 6.15. The molecular formula is C26H26N2O2. The molecule has 1 aliphatic heterocycles. The molecule has 30 heavy (non-hydrogen) atoms. The highest BCUT2D eigenvalue weighted by Crippen LogP contribution is 2.27. The lowest BCUT2D eigenvalue weighted by molar-refractivity contribution is -0.123. The first kappa shape index (κ1) is 19.9. The highest BCUT2D eigenvalue weighted by Gasteiger charge is 2.26. The van der Waals surface area contributed by atoms with E-state index < -0.39 is 0 Å². The number of amides is 2. The van der Waals surface area contributed by atoms with E-state index in [0.717, 1.165) is 23.2 Å². The minimum atomic E-state index is -0.171. The third-order valence-corrected chi connectivity index (χ3v) is 5.65. The van der Waals surface area contributed by atoms with Gasteiger partial charge in [-0.1, -0.05) is 78.9 Å². The van der Waals surface area contributed by atoms with Gasteiger partial charge in [0.15, 0.2) is 0 Å². The monoisotopic (exact) mass is 398 g/mol. The van der Waals surface area contributed by atoms with Crippen molar-refractivity contribution >= 4 is 17.5 Å². The fourth-order valence-corrected chi connectivity index (χ4v) is 4.01. The lowest BCUT2D eigenvalue weighted by Gasteiger charge is -2.25. The maximum atomic E-state index is 12.8. The van der Waals surface area contributed by atoms with E-state index in [2.05, 4.69) is 22.8 Å². The molecule has 2 atom stereocenters. The molecule has 4 nitrogen and oxygen atoms in total. The Kier molecular flexibility index (Phi) is 6.23. The summed E-state index contributed by atoms with van der Waals surface area (Å²) in [6, 6.07) is 28.0. The van der Waals surface area contributed by atoms with Crippen LogP contribution in [-0.4, -0.2) is 11.8 Å². The van der Waals surface area contributed by atoms with E-state index in [1.165, 1.54) is 5.56 Å². The highest BCUT2D eigenvalue weighted by molar-refractivity contribution is 5.96. The second-order valence-corrected chi connectivity index (χ2v) is 7.81. The number of carbonyl (C=O) groups excluding carboxylic acids is 2. The zero-order valence-electron chi connectivity index (χ0n) is 16.9. The number of hydrogen-bond donors (Lipinski definition) is 2. The Morgan fingerprint density at radius 3 is 2.37 bits per heavy atom. The zero-order chi connectivity index (χ0) is 20.8. The summed E-state index contributed by atoms with van der Waals surface area (Å²) in [5.41, 5.74) is 4.28. The number of carbonyl (C=O) groups is 2. The van der Waals surface area contributed by atoms with Crippen molar-refractivity contribution < 1.29 is 9.59 Å². The van der Waals surface area contributed by atoms with Crippen molar-refractivity contribution in [1.82, 2.24) is 5.32 Å². The second-order valence-electron chi connectivity index (χ2n) is 7.81. The Bertz CT molecular complexity index is 1000. The van der Waals surface area contributed by atoms with Crippen molar-refractivity contribution in [3.05, 3.63) is 102 Å². The lowest BCUT2D eigenvalue weighted by atomic mass is 9.89. The van der Waals surface area contributed by atoms with E-state index in [1.807, 2.05) is 72.8 Å². The van der Waals surface area contributed by atoms with E-state index >= 15 is 0 Å². The number of hydrogen-bond acceptors (Lipinski definition) is 2. The molecule has 0 bridgehead atoms. The molecule has 2 N–H and O–H groups in total. The van der Waals surface area contributed by atoms with E-state index in [1.54, 1.807) is 0 Å². The smallest absolute Gasteiger partial charge is 0.227 e. The van der Waals surface area contributed by atoms with Crippen molar-refractivity contribution in [2.45, 2.75) is 31.7 Å². The molecule has 0 spiro atoms. The molecule has 0 aliphatic carbocycles. The highest BCUT2D eigenvalue weighted by atomic mass is 16.2. The van der Waals surface area contributed by atoms with Crippen LogP contribution < -0.4 is 10.6 Å². The van der Waals surface area contributed by atoms with Crippen molar-refractivity contribution in [2.24, 2.45) is 5.92 Å². The quantitative estimate of drug-likeness (QED) is 0.607. The summed E-state index contributed by atoms with van der Waals surface area (Å²) in [5.74, 6) is -0.188. The van der Waals surface area contributed by atoms with Crippen LogP contribution >= 0.6 is 0 Å². The van der Waals surface area contributed by atoms with Gasteiger partial charge in [0.2, 0.25) is 11.8 Å². The predicted octanol–water partition coefficient (Wildman–Crippen LogP) is 4.68. The zero-order valence-corrected chi connectivity index (χ0v) is 16.9. The summed E-state index contributed by atoms with van der Waals surface area (Å²) >= 11 is 0. The van der Waals surface area contributed by atoms with Gasteiger partial charge in [-0.15, -0.1) is 0 Å². The van der Waals surface area contributed by atoms with Gasteiger partial charge in [-0.2, -0.15) is 0 Å². The van der Waals surface area contributed by atoms with Crippen molar-refractivity contribution in [2.75, 3.05) is 5.32 Å². The lowest BCUT2D eigenvalue weighted by Crippen LogP contribution is -2.33. The maximum absolute atomic E-state index is 12.8. The molecule has 2 unspecified atom stereocenters. The fourth-order valence-electron chi connectivity index (χ4n) is 4.01. The summed E-state index contributed by atoms with van der Waals surface area (Å²) in [7, 11) is 0. The van der Waals surface area contributed by atoms with Gasteiger partial charge in [-0.3, -0.25) is 9.59 Å². The number of anilines is 1. The van der Waals surface area contributed by atoms with E-state index in [-0.39, 0.29) is 23.8 Å². The SMILES string of the molecule is O=C(CCC1Cc2ccccc2NC1=O)NC(Cc1ccccc1)c1ccccc1. The molecule has 3 aromatic rings. The molecule has 1 heterocycles. The molecule has 4 heteroatoms. The molecule has 4 rings (SSSR count). The van der Waals surface area contributed by atoms with E-state index in [0.29, 0.717) is 19.3 Å². The first-order valence-corrected chi connectivity index (χ1v) is 10.5. The largest absolute Gasteiger partial charge is 0.349 e. The summed E-state index contributed by atoms with van der Waals surface area (Å²) < 4.78 is 0. The Balaban J connectivity index is 1.39. The molecule has 1 aliphatic rings. The average Bonchev–Trinajstić information content (AvgIpc) is 2.78. The Morgan fingerprint density at radius 1 is 0.933 bits per heavy atom. The molecule has 2 amide bonds. The van der Waals surface area contributed by atoms with Gasteiger partial charge in [-0.05, 0) is 42.0 Å². The molecule has 152 valence electrons. The second kappa shape index (κ2) is 9.40. The van der Waals surface area contributed by atoms with Crippen molar-refractivity contribution in [1.29, 1.82) is 0 Å². The van der Waals surface area contributed by atoms with Crippen LogP contribution in [0.2, 0.25) is 0 Å². The molecular weight excluding hydrogens is 372 g/mol. The molecule has 0 saturated heterocycles. The van der Waals surface area contributed by atoms with Gasteiger partial charge in [0.25, 0.3) is 0 Å². The topological polar surface area (TPSA) is 58.2 Å². The number of fused-ring (bicyclic) bond motifs is 1. The van der Waals surface area contributed by atoms with Gasteiger partial charge < -0.3 is 10.6 Å².